The highest BCUT2D eigenvalue weighted by Crippen LogP contribution is 2.26. The summed E-state index contributed by atoms with van der Waals surface area (Å²) in [5, 5.41) is 3.44. The summed E-state index contributed by atoms with van der Waals surface area (Å²) in [6, 6.07) is 6.24. The molecule has 0 saturated carbocycles. The van der Waals surface area contributed by atoms with Gasteiger partial charge < -0.3 is 5.32 Å². The molecule has 6 heteroatoms. The van der Waals surface area contributed by atoms with Gasteiger partial charge >= 0.3 is 0 Å². The molecule has 1 N–H and O–H groups in total. The maximum absolute atomic E-state index is 12.9. The van der Waals surface area contributed by atoms with Crippen LogP contribution < -0.4 is 5.32 Å². The number of halogens is 3. The number of anilines is 1. The topological polar surface area (TPSA) is 37.8 Å². The molecule has 2 aromatic rings. The Morgan fingerprint density at radius 2 is 1.88 bits per heavy atom. The predicted octanol–water partition coefficient (Wildman–Crippen LogP) is 3.53. The maximum Gasteiger partial charge on any atom is 0.157 e. The van der Waals surface area contributed by atoms with Crippen LogP contribution in [0.3, 0.4) is 0 Å². The minimum Gasteiger partial charge on any atom is -0.376 e. The first-order valence-corrected chi connectivity index (χ1v) is 5.56. The monoisotopic (exact) mass is 271 g/mol. The van der Waals surface area contributed by atoms with Gasteiger partial charge in [0.15, 0.2) is 10.3 Å². The third kappa shape index (κ3) is 3.05. The second kappa shape index (κ2) is 5.29. The first kappa shape index (κ1) is 12.1. The van der Waals surface area contributed by atoms with E-state index in [9.17, 15) is 4.39 Å². The molecule has 0 aliphatic rings. The summed E-state index contributed by atoms with van der Waals surface area (Å²) < 4.78 is 12.9. The van der Waals surface area contributed by atoms with E-state index in [0.717, 1.165) is 5.56 Å². The molecule has 0 aliphatic heterocycles. The molecule has 0 radical (unpaired) electrons. The molecule has 0 aliphatic carbocycles. The molecule has 0 unspecified atom stereocenters. The van der Waals surface area contributed by atoms with Gasteiger partial charge in [-0.25, -0.2) is 14.4 Å². The number of hydrogen-bond acceptors (Lipinski definition) is 3. The Hall–Kier alpha value is -1.39. The van der Waals surface area contributed by atoms with Crippen LogP contribution in [0.2, 0.25) is 10.3 Å². The largest absolute Gasteiger partial charge is 0.376 e. The van der Waals surface area contributed by atoms with Crippen LogP contribution in [-0.4, -0.2) is 9.97 Å². The van der Waals surface area contributed by atoms with Gasteiger partial charge in [-0.3, -0.25) is 0 Å². The van der Waals surface area contributed by atoms with Gasteiger partial charge in [0.2, 0.25) is 0 Å². The van der Waals surface area contributed by atoms with Crippen LogP contribution in [-0.2, 0) is 6.54 Å². The Morgan fingerprint density at radius 3 is 2.53 bits per heavy atom. The van der Waals surface area contributed by atoms with Gasteiger partial charge in [0.1, 0.15) is 17.8 Å². The lowest BCUT2D eigenvalue weighted by Crippen LogP contribution is -2.02. The predicted molar refractivity (Wildman–Crippen MR) is 65.8 cm³/mol. The zero-order valence-electron chi connectivity index (χ0n) is 8.62. The second-order valence-electron chi connectivity index (χ2n) is 3.31. The van der Waals surface area contributed by atoms with Gasteiger partial charge in [-0.05, 0) is 17.7 Å². The molecule has 3 nitrogen and oxygen atoms in total. The summed E-state index contributed by atoms with van der Waals surface area (Å²) in [6.07, 6.45) is 1.28. The molecular weight excluding hydrogens is 264 g/mol. The fourth-order valence-electron chi connectivity index (χ4n) is 1.33. The zero-order chi connectivity index (χ0) is 12.3. The summed E-state index contributed by atoms with van der Waals surface area (Å²) in [5.74, 6) is -0.286. The highest BCUT2D eigenvalue weighted by Gasteiger charge is 2.07. The SMILES string of the molecule is Fc1cccc(CNc2c(Cl)ncnc2Cl)c1. The van der Waals surface area contributed by atoms with Crippen LogP contribution in [0.4, 0.5) is 10.1 Å². The highest BCUT2D eigenvalue weighted by molar-refractivity contribution is 6.37. The molecule has 0 fully saturated rings. The van der Waals surface area contributed by atoms with E-state index in [4.69, 9.17) is 23.2 Å². The van der Waals surface area contributed by atoms with E-state index in [-0.39, 0.29) is 16.1 Å². The van der Waals surface area contributed by atoms with Crippen LogP contribution in [0.1, 0.15) is 5.56 Å². The third-order valence-corrected chi connectivity index (χ3v) is 2.69. The van der Waals surface area contributed by atoms with Crippen LogP contribution in [0.25, 0.3) is 0 Å². The van der Waals surface area contributed by atoms with Gasteiger partial charge in [-0.15, -0.1) is 0 Å². The average molecular weight is 272 g/mol. The van der Waals surface area contributed by atoms with Crippen molar-refractivity contribution in [3.63, 3.8) is 0 Å². The first-order chi connectivity index (χ1) is 8.16. The first-order valence-electron chi connectivity index (χ1n) is 4.81. The molecular formula is C11H8Cl2FN3. The normalized spacial score (nSPS) is 10.3. The second-order valence-corrected chi connectivity index (χ2v) is 4.03. The van der Waals surface area contributed by atoms with Gasteiger partial charge in [0.25, 0.3) is 0 Å². The number of aromatic nitrogens is 2. The molecule has 1 aromatic carbocycles. The third-order valence-electron chi connectivity index (χ3n) is 2.11. The van der Waals surface area contributed by atoms with Crippen molar-refractivity contribution in [1.82, 2.24) is 9.97 Å². The number of hydrogen-bond donors (Lipinski definition) is 1. The number of rotatable bonds is 3. The van der Waals surface area contributed by atoms with Crippen LogP contribution in [0.15, 0.2) is 30.6 Å². The Kier molecular flexibility index (Phi) is 3.76. The fourth-order valence-corrected chi connectivity index (χ4v) is 1.78. The van der Waals surface area contributed by atoms with Gasteiger partial charge in [0.05, 0.1) is 0 Å². The molecule has 2 rings (SSSR count). The van der Waals surface area contributed by atoms with Crippen molar-refractivity contribution in [3.8, 4) is 0 Å². The van der Waals surface area contributed by atoms with Gasteiger partial charge in [0, 0.05) is 6.54 Å². The Labute approximate surface area is 108 Å². The molecule has 1 heterocycles. The highest BCUT2D eigenvalue weighted by atomic mass is 35.5. The Balaban J connectivity index is 2.13. The number of nitrogens with one attached hydrogen (secondary N) is 1. The molecule has 0 bridgehead atoms. The Bertz CT molecular complexity index is 514. The lowest BCUT2D eigenvalue weighted by atomic mass is 10.2. The van der Waals surface area contributed by atoms with Crippen molar-refractivity contribution in [1.29, 1.82) is 0 Å². The van der Waals surface area contributed by atoms with E-state index < -0.39 is 0 Å². The standard InChI is InChI=1S/C11H8Cl2FN3/c12-10-9(11(13)17-6-16-10)15-5-7-2-1-3-8(14)4-7/h1-4,6,15H,5H2. The quantitative estimate of drug-likeness (QED) is 0.868. The summed E-state index contributed by atoms with van der Waals surface area (Å²) in [7, 11) is 0. The Morgan fingerprint density at radius 1 is 1.18 bits per heavy atom. The number of benzene rings is 1. The minimum absolute atomic E-state index is 0.237. The molecule has 0 spiro atoms. The lowest BCUT2D eigenvalue weighted by molar-refractivity contribution is 0.626. The van der Waals surface area contributed by atoms with Gasteiger partial charge in [-0.2, -0.15) is 0 Å². The molecule has 0 atom stereocenters. The van der Waals surface area contributed by atoms with E-state index in [1.807, 2.05) is 0 Å². The van der Waals surface area contributed by atoms with Crippen LogP contribution >= 0.6 is 23.2 Å². The van der Waals surface area contributed by atoms with Crippen molar-refractivity contribution >= 4 is 28.9 Å². The summed E-state index contributed by atoms with van der Waals surface area (Å²) in [6.45, 7) is 0.393. The smallest absolute Gasteiger partial charge is 0.157 e. The molecule has 17 heavy (non-hydrogen) atoms. The average Bonchev–Trinajstić information content (AvgIpc) is 2.28. The molecule has 1 aromatic heterocycles. The zero-order valence-corrected chi connectivity index (χ0v) is 10.1. The van der Waals surface area contributed by atoms with E-state index >= 15 is 0 Å². The van der Waals surface area contributed by atoms with E-state index in [2.05, 4.69) is 15.3 Å². The molecule has 0 amide bonds. The van der Waals surface area contributed by atoms with E-state index in [1.54, 1.807) is 12.1 Å². The van der Waals surface area contributed by atoms with E-state index in [1.165, 1.54) is 18.5 Å². The lowest BCUT2D eigenvalue weighted by Gasteiger charge is -2.08. The number of nitrogens with zero attached hydrogens (tertiary/aromatic N) is 2. The maximum atomic E-state index is 12.9. The molecule has 0 saturated heterocycles. The summed E-state index contributed by atoms with van der Waals surface area (Å²) in [5.41, 5.74) is 1.22. The fraction of sp³-hybridized carbons (Fsp3) is 0.0909. The summed E-state index contributed by atoms with van der Waals surface area (Å²) in [4.78, 5) is 7.61. The minimum atomic E-state index is -0.286. The van der Waals surface area contributed by atoms with Crippen molar-refractivity contribution < 1.29 is 4.39 Å². The van der Waals surface area contributed by atoms with Crippen LogP contribution in [0.5, 0.6) is 0 Å². The van der Waals surface area contributed by atoms with Crippen molar-refractivity contribution in [2.24, 2.45) is 0 Å². The summed E-state index contributed by atoms with van der Waals surface area (Å²) >= 11 is 11.7. The van der Waals surface area contributed by atoms with E-state index in [0.29, 0.717) is 12.2 Å². The molecule has 88 valence electrons. The van der Waals surface area contributed by atoms with Crippen molar-refractivity contribution in [3.05, 3.63) is 52.3 Å². The van der Waals surface area contributed by atoms with Crippen molar-refractivity contribution in [2.45, 2.75) is 6.54 Å². The van der Waals surface area contributed by atoms with Crippen molar-refractivity contribution in [2.75, 3.05) is 5.32 Å². The van der Waals surface area contributed by atoms with Gasteiger partial charge in [-0.1, -0.05) is 35.3 Å². The van der Waals surface area contributed by atoms with Crippen LogP contribution in [0, 0.1) is 5.82 Å².